The second kappa shape index (κ2) is 14.4. The van der Waals surface area contributed by atoms with Crippen molar-refractivity contribution in [1.82, 2.24) is 20.2 Å². The molecule has 0 spiro atoms. The summed E-state index contributed by atoms with van der Waals surface area (Å²) in [7, 11) is 0. The van der Waals surface area contributed by atoms with Crippen LogP contribution in [0, 0.1) is 18.8 Å². The van der Waals surface area contributed by atoms with E-state index in [4.69, 9.17) is 4.74 Å². The van der Waals surface area contributed by atoms with Gasteiger partial charge in [0.1, 0.15) is 23.3 Å². The van der Waals surface area contributed by atoms with Crippen molar-refractivity contribution >= 4 is 17.8 Å². The zero-order valence-corrected chi connectivity index (χ0v) is 21.4. The number of aryl methyl sites for hydroxylation is 1. The number of rotatable bonds is 7. The van der Waals surface area contributed by atoms with Crippen molar-refractivity contribution in [3.63, 3.8) is 0 Å². The maximum Gasteiger partial charge on any atom is 0.410 e. The molecule has 2 amide bonds. The Morgan fingerprint density at radius 1 is 1.27 bits per heavy atom. The third-order valence-corrected chi connectivity index (χ3v) is 4.64. The highest BCUT2D eigenvalue weighted by Crippen LogP contribution is 2.21. The summed E-state index contributed by atoms with van der Waals surface area (Å²) in [5, 5.41) is 6.20. The van der Waals surface area contributed by atoms with Gasteiger partial charge in [0.05, 0.1) is 5.56 Å². The predicted octanol–water partition coefficient (Wildman–Crippen LogP) is 4.28. The van der Waals surface area contributed by atoms with E-state index in [-0.39, 0.29) is 5.91 Å². The number of hydrogen-bond donors (Lipinski definition) is 2. The molecule has 0 saturated carbocycles. The van der Waals surface area contributed by atoms with Gasteiger partial charge in [0.25, 0.3) is 0 Å². The van der Waals surface area contributed by atoms with E-state index >= 15 is 0 Å². The number of hydrogen-bond acceptors (Lipinski definition) is 6. The van der Waals surface area contributed by atoms with Crippen molar-refractivity contribution < 1.29 is 14.3 Å². The molecule has 0 aromatic carbocycles. The lowest BCUT2D eigenvalue weighted by Crippen LogP contribution is -2.47. The van der Waals surface area contributed by atoms with E-state index in [1.165, 1.54) is 4.90 Å². The molecule has 0 bridgehead atoms. The number of anilines is 1. The smallest absolute Gasteiger partial charge is 0.410 e. The van der Waals surface area contributed by atoms with Gasteiger partial charge < -0.3 is 15.4 Å². The van der Waals surface area contributed by atoms with Crippen LogP contribution in [0.5, 0.6) is 0 Å². The van der Waals surface area contributed by atoms with Crippen molar-refractivity contribution in [2.75, 3.05) is 25.0 Å². The van der Waals surface area contributed by atoms with Crippen LogP contribution in [0.25, 0.3) is 0 Å². The normalized spacial score (nSPS) is 15.0. The lowest BCUT2D eigenvalue weighted by Gasteiger charge is -2.28. The lowest BCUT2D eigenvalue weighted by molar-refractivity contribution is -0.125. The molecule has 1 aliphatic rings. The summed E-state index contributed by atoms with van der Waals surface area (Å²) in [6.07, 6.45) is 5.14. The number of carbonyl (C=O) groups is 2. The molecule has 0 aliphatic carbocycles. The highest BCUT2D eigenvalue weighted by molar-refractivity contribution is 5.86. The number of nitrogens with one attached hydrogen (secondary N) is 2. The molecule has 184 valence electrons. The molecule has 1 aromatic heterocycles. The molecule has 1 aliphatic heterocycles. The highest BCUT2D eigenvalue weighted by Gasteiger charge is 2.36. The maximum absolute atomic E-state index is 12.5. The molecular formula is C25H41N5O3. The van der Waals surface area contributed by atoms with Crippen LogP contribution in [0.15, 0.2) is 6.20 Å². The van der Waals surface area contributed by atoms with Gasteiger partial charge in [-0.25, -0.2) is 14.8 Å². The number of nitrogens with zero attached hydrogens (tertiary/aromatic N) is 3. The quantitative estimate of drug-likeness (QED) is 0.467. The summed E-state index contributed by atoms with van der Waals surface area (Å²) in [6, 6.07) is -0.460. The van der Waals surface area contributed by atoms with Gasteiger partial charge in [0.15, 0.2) is 0 Å². The summed E-state index contributed by atoms with van der Waals surface area (Å²) in [6.45, 7) is 15.3. The van der Waals surface area contributed by atoms with E-state index in [0.717, 1.165) is 37.2 Å². The van der Waals surface area contributed by atoms with Crippen LogP contribution < -0.4 is 10.6 Å². The van der Waals surface area contributed by atoms with Gasteiger partial charge in [0.2, 0.25) is 5.91 Å². The largest absolute Gasteiger partial charge is 0.444 e. The Labute approximate surface area is 199 Å². The Morgan fingerprint density at radius 3 is 2.67 bits per heavy atom. The fourth-order valence-corrected chi connectivity index (χ4v) is 3.18. The molecule has 0 radical (unpaired) electrons. The Kier molecular flexibility index (Phi) is 12.3. The third-order valence-electron chi connectivity index (χ3n) is 4.64. The van der Waals surface area contributed by atoms with Crippen LogP contribution in [-0.4, -0.2) is 58.1 Å². The molecular weight excluding hydrogens is 418 g/mol. The zero-order chi connectivity index (χ0) is 24.9. The standard InChI is InChI=1S/C23H35N5O3.C2H6/c1-6-13-24-20-18(16-26-17(2)27-20)11-8-7-9-14-25-21(29)19-12-10-15-28(19)22(30)31-23(3,4)5;1-2/h16,19H,6-7,9-10,12-15H2,1-5H3,(H,25,29)(H,24,26,27);1-2H3/t19-;/m0./s1. The Balaban J connectivity index is 0.00000265. The van der Waals surface area contributed by atoms with Crippen LogP contribution in [0.2, 0.25) is 0 Å². The summed E-state index contributed by atoms with van der Waals surface area (Å²) >= 11 is 0. The van der Waals surface area contributed by atoms with Gasteiger partial charge in [-0.1, -0.05) is 32.6 Å². The summed E-state index contributed by atoms with van der Waals surface area (Å²) in [5.74, 6) is 7.58. The Morgan fingerprint density at radius 2 is 2.00 bits per heavy atom. The van der Waals surface area contributed by atoms with Crippen molar-refractivity contribution in [2.24, 2.45) is 0 Å². The minimum absolute atomic E-state index is 0.130. The minimum atomic E-state index is -0.576. The molecule has 1 saturated heterocycles. The molecule has 8 nitrogen and oxygen atoms in total. The molecule has 1 fully saturated rings. The zero-order valence-electron chi connectivity index (χ0n) is 21.4. The molecule has 1 aromatic rings. The molecule has 2 heterocycles. The number of aromatic nitrogens is 2. The summed E-state index contributed by atoms with van der Waals surface area (Å²) < 4.78 is 5.42. The van der Waals surface area contributed by atoms with Gasteiger partial charge in [-0.05, 0) is 53.4 Å². The maximum atomic E-state index is 12.5. The number of unbranched alkanes of at least 4 members (excludes halogenated alkanes) is 1. The molecule has 2 N–H and O–H groups in total. The minimum Gasteiger partial charge on any atom is -0.444 e. The predicted molar refractivity (Wildman–Crippen MR) is 132 cm³/mol. The monoisotopic (exact) mass is 459 g/mol. The summed E-state index contributed by atoms with van der Waals surface area (Å²) in [5.41, 5.74) is 0.204. The lowest BCUT2D eigenvalue weighted by atomic mass is 10.2. The summed E-state index contributed by atoms with van der Waals surface area (Å²) in [4.78, 5) is 35.0. The average molecular weight is 460 g/mol. The number of carbonyl (C=O) groups excluding carboxylic acids is 2. The van der Waals surface area contributed by atoms with Crippen molar-refractivity contribution in [2.45, 2.75) is 92.2 Å². The van der Waals surface area contributed by atoms with E-state index in [2.05, 4.69) is 39.4 Å². The van der Waals surface area contributed by atoms with E-state index in [9.17, 15) is 9.59 Å². The van der Waals surface area contributed by atoms with Gasteiger partial charge in [-0.3, -0.25) is 9.69 Å². The number of likely N-dealkylation sites (tertiary alicyclic amines) is 1. The Hall–Kier alpha value is -2.82. The Bertz CT molecular complexity index is 824. The van der Waals surface area contributed by atoms with Crippen LogP contribution in [0.4, 0.5) is 10.6 Å². The second-order valence-electron chi connectivity index (χ2n) is 8.63. The van der Waals surface area contributed by atoms with E-state index < -0.39 is 17.7 Å². The van der Waals surface area contributed by atoms with Gasteiger partial charge in [-0.15, -0.1) is 0 Å². The fraction of sp³-hybridized carbons (Fsp3) is 0.680. The van der Waals surface area contributed by atoms with E-state index in [1.807, 2.05) is 41.5 Å². The molecule has 8 heteroatoms. The first-order valence-corrected chi connectivity index (χ1v) is 12.0. The molecule has 33 heavy (non-hydrogen) atoms. The molecule has 2 rings (SSSR count). The first-order chi connectivity index (χ1) is 15.7. The number of ether oxygens (including phenoxy) is 1. The average Bonchev–Trinajstić information content (AvgIpc) is 3.26. The van der Waals surface area contributed by atoms with Gasteiger partial charge >= 0.3 is 6.09 Å². The second-order valence-corrected chi connectivity index (χ2v) is 8.63. The van der Waals surface area contributed by atoms with Crippen LogP contribution in [-0.2, 0) is 9.53 Å². The SMILES string of the molecule is CC.CCCNc1nc(C)ncc1C#CCCCNC(=O)[C@@H]1CCCN1C(=O)OC(C)(C)C. The van der Waals surface area contributed by atoms with Crippen LogP contribution >= 0.6 is 0 Å². The van der Waals surface area contributed by atoms with Crippen LogP contribution in [0.3, 0.4) is 0 Å². The van der Waals surface area contributed by atoms with Crippen molar-refractivity contribution in [3.8, 4) is 11.8 Å². The van der Waals surface area contributed by atoms with Gasteiger partial charge in [0, 0.05) is 32.3 Å². The van der Waals surface area contributed by atoms with Crippen LogP contribution in [0.1, 0.15) is 85.0 Å². The van der Waals surface area contributed by atoms with E-state index in [1.54, 1.807) is 6.20 Å². The first-order valence-electron chi connectivity index (χ1n) is 12.0. The van der Waals surface area contributed by atoms with Crippen molar-refractivity contribution in [3.05, 3.63) is 17.6 Å². The molecule has 1 atom stereocenters. The highest BCUT2D eigenvalue weighted by atomic mass is 16.6. The third kappa shape index (κ3) is 10.1. The van der Waals surface area contributed by atoms with Crippen molar-refractivity contribution in [1.29, 1.82) is 0 Å². The van der Waals surface area contributed by atoms with Gasteiger partial charge in [-0.2, -0.15) is 0 Å². The molecule has 0 unspecified atom stereocenters. The topological polar surface area (TPSA) is 96.5 Å². The number of amides is 2. The fourth-order valence-electron chi connectivity index (χ4n) is 3.18. The first kappa shape index (κ1) is 28.2. The van der Waals surface area contributed by atoms with E-state index in [0.29, 0.717) is 31.8 Å².